The fourth-order valence-corrected chi connectivity index (χ4v) is 5.83. The molecule has 1 aromatic carbocycles. The number of rotatable bonds is 16. The second-order valence-electron chi connectivity index (χ2n) is 16.6. The first-order valence-corrected chi connectivity index (χ1v) is 18.6. The van der Waals surface area contributed by atoms with Gasteiger partial charge >= 0.3 is 6.09 Å². The molecule has 1 fully saturated rings. The first-order chi connectivity index (χ1) is 25.0. The number of carbonyl (C=O) groups is 7. The van der Waals surface area contributed by atoms with Gasteiger partial charge in [-0.15, -0.1) is 0 Å². The number of amides is 6. The summed E-state index contributed by atoms with van der Waals surface area (Å²) in [4.78, 5) is 96.3. The summed E-state index contributed by atoms with van der Waals surface area (Å²) in [5, 5.41) is 10.3. The van der Waals surface area contributed by atoms with Gasteiger partial charge in [0.15, 0.2) is 0 Å². The molecule has 0 aromatic heterocycles. The Balaban J connectivity index is 2.28. The van der Waals surface area contributed by atoms with E-state index in [4.69, 9.17) is 9.47 Å². The summed E-state index contributed by atoms with van der Waals surface area (Å²) in [7, 11) is 3.11. The third kappa shape index (κ3) is 13.7. The molecule has 4 N–H and O–H groups in total. The number of likely N-dealkylation sites (N-methyl/N-ethyl adjacent to an activating group) is 1. The highest BCUT2D eigenvalue weighted by Crippen LogP contribution is 2.29. The molecule has 6 amide bonds. The molecule has 54 heavy (non-hydrogen) atoms. The van der Waals surface area contributed by atoms with Crippen LogP contribution in [0.5, 0.6) is 0 Å². The minimum Gasteiger partial charge on any atom is -0.449 e. The topological polar surface area (TPSA) is 193 Å². The highest BCUT2D eigenvalue weighted by Gasteiger charge is 2.47. The van der Waals surface area contributed by atoms with Gasteiger partial charge in [-0.2, -0.15) is 0 Å². The lowest BCUT2D eigenvalue weighted by molar-refractivity contribution is -0.144. The first-order valence-electron chi connectivity index (χ1n) is 18.6. The molecule has 0 radical (unpaired) electrons. The standard InChI is InChI=1S/C39H62N6O9/c1-13-24(4)29(31(47)34(49)40-20-28(46)41-30(35(50)44(11)12)25-17-15-14-16-18-25)42-33(48)27-19-26(54-39(8,9)10)21-45(27)36(51)32(38(5,6)7)43-37(52)53-22-23(2)3/h14-18,23-24,26-27,29-30,32H,13,19-22H2,1-12H3,(H,40,49)(H,41,46)(H,42,48)(H,43,52)/t24-,26+,27-,29?,30-,32?/m0/s1. The zero-order chi connectivity index (χ0) is 41.1. The van der Waals surface area contributed by atoms with Crippen LogP contribution in [0, 0.1) is 17.3 Å². The highest BCUT2D eigenvalue weighted by atomic mass is 16.5. The van der Waals surface area contributed by atoms with Gasteiger partial charge in [-0.05, 0) is 43.6 Å². The van der Waals surface area contributed by atoms with Gasteiger partial charge in [0.05, 0.1) is 30.9 Å². The van der Waals surface area contributed by atoms with E-state index in [0.717, 1.165) is 0 Å². The molecule has 1 aliphatic heterocycles. The Morgan fingerprint density at radius 2 is 1.52 bits per heavy atom. The lowest BCUT2D eigenvalue weighted by Crippen LogP contribution is -2.59. The van der Waals surface area contributed by atoms with Gasteiger partial charge in [0, 0.05) is 27.1 Å². The third-order valence-electron chi connectivity index (χ3n) is 8.84. The largest absolute Gasteiger partial charge is 0.449 e. The Hall–Kier alpha value is -4.53. The zero-order valence-electron chi connectivity index (χ0n) is 34.0. The van der Waals surface area contributed by atoms with Crippen LogP contribution in [0.15, 0.2) is 30.3 Å². The highest BCUT2D eigenvalue weighted by molar-refractivity contribution is 6.38. The summed E-state index contributed by atoms with van der Waals surface area (Å²) >= 11 is 0. The predicted octanol–water partition coefficient (Wildman–Crippen LogP) is 2.73. The second kappa shape index (κ2) is 19.7. The first kappa shape index (κ1) is 45.6. The summed E-state index contributed by atoms with van der Waals surface area (Å²) < 4.78 is 11.5. The molecule has 2 unspecified atom stereocenters. The number of hydrogen-bond acceptors (Lipinski definition) is 9. The van der Waals surface area contributed by atoms with E-state index in [1.54, 1.807) is 79.0 Å². The minimum absolute atomic E-state index is 0.0430. The Bertz CT molecular complexity index is 1490. The van der Waals surface area contributed by atoms with E-state index in [2.05, 4.69) is 21.3 Å². The Labute approximate surface area is 320 Å². The van der Waals surface area contributed by atoms with Gasteiger partial charge in [0.25, 0.3) is 5.91 Å². The molecule has 0 bridgehead atoms. The minimum atomic E-state index is -1.29. The Kier molecular flexibility index (Phi) is 16.6. The van der Waals surface area contributed by atoms with Crippen LogP contribution >= 0.6 is 0 Å². The number of carbonyl (C=O) groups excluding carboxylic acids is 7. The van der Waals surface area contributed by atoms with Gasteiger partial charge in [-0.25, -0.2) is 4.79 Å². The average molecular weight is 759 g/mol. The number of alkyl carbamates (subject to hydrolysis) is 1. The van der Waals surface area contributed by atoms with Crippen molar-refractivity contribution in [1.82, 2.24) is 31.1 Å². The number of ether oxygens (including phenoxy) is 2. The van der Waals surface area contributed by atoms with E-state index in [1.807, 2.05) is 34.6 Å². The molecule has 15 heteroatoms. The monoisotopic (exact) mass is 758 g/mol. The molecule has 1 saturated heterocycles. The van der Waals surface area contributed by atoms with Gasteiger partial charge in [0.1, 0.15) is 18.1 Å². The van der Waals surface area contributed by atoms with Gasteiger partial charge in [-0.1, -0.05) is 85.2 Å². The van der Waals surface area contributed by atoms with Crippen molar-refractivity contribution in [3.63, 3.8) is 0 Å². The molecule has 1 heterocycles. The molecule has 0 spiro atoms. The molecular weight excluding hydrogens is 696 g/mol. The maximum Gasteiger partial charge on any atom is 0.407 e. The van der Waals surface area contributed by atoms with Crippen LogP contribution in [0.1, 0.15) is 93.7 Å². The van der Waals surface area contributed by atoms with Crippen molar-refractivity contribution >= 4 is 41.4 Å². The van der Waals surface area contributed by atoms with Crippen LogP contribution in [-0.4, -0.2) is 115 Å². The summed E-state index contributed by atoms with van der Waals surface area (Å²) in [5.74, 6) is -4.80. The smallest absolute Gasteiger partial charge is 0.407 e. The van der Waals surface area contributed by atoms with E-state index >= 15 is 0 Å². The molecule has 1 aliphatic rings. The molecule has 0 saturated carbocycles. The van der Waals surface area contributed by atoms with Crippen LogP contribution in [-0.2, 0) is 38.2 Å². The van der Waals surface area contributed by atoms with Crippen molar-refractivity contribution in [1.29, 1.82) is 0 Å². The second-order valence-corrected chi connectivity index (χ2v) is 16.6. The zero-order valence-corrected chi connectivity index (χ0v) is 34.0. The predicted molar refractivity (Wildman–Crippen MR) is 203 cm³/mol. The molecule has 1 aromatic rings. The van der Waals surface area contributed by atoms with Gasteiger partial charge in [0.2, 0.25) is 29.4 Å². The van der Waals surface area contributed by atoms with Crippen molar-refractivity contribution in [2.45, 2.75) is 118 Å². The molecule has 2 rings (SSSR count). The maximum atomic E-state index is 14.2. The van der Waals surface area contributed by atoms with E-state index in [1.165, 1.54) is 9.80 Å². The van der Waals surface area contributed by atoms with Crippen molar-refractivity contribution in [3.05, 3.63) is 35.9 Å². The molecule has 15 nitrogen and oxygen atoms in total. The molecule has 302 valence electrons. The SMILES string of the molecule is CC[C@H](C)C(NC(=O)[C@@H]1C[C@@H](OC(C)(C)C)CN1C(=O)C(NC(=O)OCC(C)C)C(C)(C)C)C(=O)C(=O)NCC(=O)N[C@H](C(=O)N(C)C)c1ccccc1. The number of hydrogen-bond donors (Lipinski definition) is 4. The van der Waals surface area contributed by atoms with Crippen molar-refractivity contribution < 1.29 is 43.0 Å². The van der Waals surface area contributed by atoms with Crippen molar-refractivity contribution in [2.24, 2.45) is 17.3 Å². The number of likely N-dealkylation sites (tertiary alicyclic amines) is 1. The van der Waals surface area contributed by atoms with E-state index in [-0.39, 0.29) is 31.4 Å². The third-order valence-corrected chi connectivity index (χ3v) is 8.84. The lowest BCUT2D eigenvalue weighted by atomic mass is 9.85. The number of ketones is 1. The van der Waals surface area contributed by atoms with Crippen molar-refractivity contribution in [2.75, 3.05) is 33.8 Å². The van der Waals surface area contributed by atoms with Gasteiger partial charge in [-0.3, -0.25) is 28.8 Å². The molecule has 0 aliphatic carbocycles. The average Bonchev–Trinajstić information content (AvgIpc) is 3.50. The van der Waals surface area contributed by atoms with Crippen LogP contribution in [0.2, 0.25) is 0 Å². The van der Waals surface area contributed by atoms with Crippen LogP contribution in [0.4, 0.5) is 4.79 Å². The van der Waals surface area contributed by atoms with E-state index < -0.39 is 89.3 Å². The normalized spacial score (nSPS) is 18.1. The Morgan fingerprint density at radius 1 is 0.907 bits per heavy atom. The fraction of sp³-hybridized carbons (Fsp3) is 0.667. The van der Waals surface area contributed by atoms with E-state index in [0.29, 0.717) is 12.0 Å². The summed E-state index contributed by atoms with van der Waals surface area (Å²) in [6.07, 6.45) is -0.794. The van der Waals surface area contributed by atoms with E-state index in [9.17, 15) is 33.6 Å². The number of benzene rings is 1. The summed E-state index contributed by atoms with van der Waals surface area (Å²) in [6, 6.07) is 4.12. The fourth-order valence-electron chi connectivity index (χ4n) is 5.83. The Morgan fingerprint density at radius 3 is 2.04 bits per heavy atom. The maximum absolute atomic E-state index is 14.2. The van der Waals surface area contributed by atoms with Crippen molar-refractivity contribution in [3.8, 4) is 0 Å². The van der Waals surface area contributed by atoms with Crippen LogP contribution in [0.3, 0.4) is 0 Å². The van der Waals surface area contributed by atoms with Gasteiger partial charge < -0.3 is 40.5 Å². The lowest BCUT2D eigenvalue weighted by Gasteiger charge is -2.35. The molecule has 6 atom stereocenters. The number of Topliss-reactive ketones (excluding diaryl/α,β-unsaturated/α-hetero) is 1. The summed E-state index contributed by atoms with van der Waals surface area (Å²) in [5.41, 5.74) is -0.844. The quantitative estimate of drug-likeness (QED) is 0.184. The number of nitrogens with zero attached hydrogens (tertiary/aromatic N) is 2. The van der Waals surface area contributed by atoms with Crippen LogP contribution in [0.25, 0.3) is 0 Å². The number of nitrogens with one attached hydrogen (secondary N) is 4. The molecular formula is C39H62N6O9. The van der Waals surface area contributed by atoms with Crippen LogP contribution < -0.4 is 21.3 Å². The summed E-state index contributed by atoms with van der Waals surface area (Å²) in [6.45, 7) is 17.8.